The molecule has 6 heteroatoms. The number of carboxylic acid groups (broad SMARTS) is 1. The Morgan fingerprint density at radius 3 is 2.40 bits per heavy atom. The summed E-state index contributed by atoms with van der Waals surface area (Å²) in [5.74, 6) is -1.23. The molecule has 1 aliphatic rings. The molecule has 1 heterocycles. The molecule has 1 atom stereocenters. The van der Waals surface area contributed by atoms with Crippen LogP contribution in [-0.2, 0) is 14.4 Å². The monoisotopic (exact) mass is 277 g/mol. The van der Waals surface area contributed by atoms with Gasteiger partial charge in [0.1, 0.15) is 4.83 Å². The number of carbonyl (C=O) groups is 3. The molecule has 1 N–H and O–H groups in total. The van der Waals surface area contributed by atoms with Gasteiger partial charge in [0.05, 0.1) is 0 Å². The zero-order valence-corrected chi connectivity index (χ0v) is 9.70. The molecule has 1 saturated heterocycles. The number of hydrogen-bond acceptors (Lipinski definition) is 3. The minimum Gasteiger partial charge on any atom is -0.480 e. The fourth-order valence-electron chi connectivity index (χ4n) is 1.42. The van der Waals surface area contributed by atoms with Gasteiger partial charge >= 0.3 is 5.97 Å². The van der Waals surface area contributed by atoms with Gasteiger partial charge in [-0.25, -0.2) is 0 Å². The van der Waals surface area contributed by atoms with Gasteiger partial charge in [0.15, 0.2) is 0 Å². The molecule has 0 bridgehead atoms. The third-order valence-electron chi connectivity index (χ3n) is 2.26. The van der Waals surface area contributed by atoms with Crippen LogP contribution in [0.5, 0.6) is 0 Å². The van der Waals surface area contributed by atoms with Gasteiger partial charge in [-0.05, 0) is 12.8 Å². The largest absolute Gasteiger partial charge is 0.480 e. The molecular weight excluding hydrogens is 266 g/mol. The van der Waals surface area contributed by atoms with E-state index >= 15 is 0 Å². The van der Waals surface area contributed by atoms with Crippen molar-refractivity contribution in [1.29, 1.82) is 0 Å². The molecule has 15 heavy (non-hydrogen) atoms. The van der Waals surface area contributed by atoms with Crippen LogP contribution in [0.4, 0.5) is 0 Å². The van der Waals surface area contributed by atoms with Gasteiger partial charge in [0.25, 0.3) is 0 Å². The first-order valence-corrected chi connectivity index (χ1v) is 5.64. The molecule has 2 amide bonds. The minimum atomic E-state index is -0.922. The van der Waals surface area contributed by atoms with E-state index < -0.39 is 10.8 Å². The normalized spacial score (nSPS) is 18.3. The average Bonchev–Trinajstić information content (AvgIpc) is 2.48. The highest BCUT2D eigenvalue weighted by molar-refractivity contribution is 9.10. The Labute approximate surface area is 95.6 Å². The first kappa shape index (κ1) is 12.2. The zero-order valence-electron chi connectivity index (χ0n) is 8.11. The smallest absolute Gasteiger partial charge is 0.317 e. The van der Waals surface area contributed by atoms with Crippen molar-refractivity contribution in [1.82, 2.24) is 4.90 Å². The van der Waals surface area contributed by atoms with E-state index in [1.807, 2.05) is 0 Å². The van der Waals surface area contributed by atoms with Crippen LogP contribution in [0.25, 0.3) is 0 Å². The van der Waals surface area contributed by atoms with Crippen molar-refractivity contribution in [3.05, 3.63) is 0 Å². The van der Waals surface area contributed by atoms with E-state index in [-0.39, 0.29) is 24.7 Å². The van der Waals surface area contributed by atoms with Crippen molar-refractivity contribution in [2.24, 2.45) is 0 Å². The number of halogens is 1. The maximum Gasteiger partial charge on any atom is 0.317 e. The van der Waals surface area contributed by atoms with Crippen LogP contribution in [0.3, 0.4) is 0 Å². The number of nitrogens with zero attached hydrogens (tertiary/aromatic N) is 1. The number of imide groups is 1. The Kier molecular flexibility index (Phi) is 4.26. The van der Waals surface area contributed by atoms with Gasteiger partial charge < -0.3 is 5.11 Å². The van der Waals surface area contributed by atoms with Crippen molar-refractivity contribution in [2.45, 2.75) is 30.5 Å². The van der Waals surface area contributed by atoms with Crippen molar-refractivity contribution < 1.29 is 19.5 Å². The van der Waals surface area contributed by atoms with Crippen molar-refractivity contribution in [3.8, 4) is 0 Å². The lowest BCUT2D eigenvalue weighted by molar-refractivity contribution is -0.138. The number of amides is 2. The highest BCUT2D eigenvalue weighted by Crippen LogP contribution is 2.14. The van der Waals surface area contributed by atoms with Crippen LogP contribution in [0.2, 0.25) is 0 Å². The van der Waals surface area contributed by atoms with Gasteiger partial charge in [-0.15, -0.1) is 0 Å². The Morgan fingerprint density at radius 2 is 1.93 bits per heavy atom. The van der Waals surface area contributed by atoms with Crippen molar-refractivity contribution >= 4 is 33.7 Å². The molecule has 0 spiro atoms. The molecule has 0 saturated carbocycles. The molecule has 84 valence electrons. The van der Waals surface area contributed by atoms with E-state index in [0.717, 1.165) is 0 Å². The van der Waals surface area contributed by atoms with Crippen LogP contribution >= 0.6 is 15.9 Å². The molecule has 1 rings (SSSR count). The molecule has 0 aromatic heterocycles. The Hall–Kier alpha value is -0.910. The number of carboxylic acids is 1. The van der Waals surface area contributed by atoms with E-state index in [0.29, 0.717) is 19.4 Å². The van der Waals surface area contributed by atoms with E-state index in [2.05, 4.69) is 15.9 Å². The second kappa shape index (κ2) is 5.25. The molecular formula is C9H12BrNO4. The summed E-state index contributed by atoms with van der Waals surface area (Å²) in [5, 5.41) is 8.58. The number of aliphatic carboxylic acids is 1. The second-order valence-electron chi connectivity index (χ2n) is 3.39. The zero-order chi connectivity index (χ0) is 11.4. The predicted octanol–water partition coefficient (Wildman–Crippen LogP) is 0.764. The maximum absolute atomic E-state index is 11.2. The lowest BCUT2D eigenvalue weighted by Crippen LogP contribution is -2.30. The van der Waals surface area contributed by atoms with E-state index in [9.17, 15) is 14.4 Å². The lowest BCUT2D eigenvalue weighted by atomic mass is 10.2. The molecule has 5 nitrogen and oxygen atoms in total. The Morgan fingerprint density at radius 1 is 1.40 bits per heavy atom. The standard InChI is InChI=1S/C9H12BrNO4/c10-6(9(14)15)2-1-5-11-7(12)3-4-8(11)13/h6H,1-5H2,(H,14,15)/t6-/m1/s1. The number of rotatable bonds is 5. The highest BCUT2D eigenvalue weighted by atomic mass is 79.9. The van der Waals surface area contributed by atoms with Crippen LogP contribution in [0.15, 0.2) is 0 Å². The van der Waals surface area contributed by atoms with Crippen molar-refractivity contribution in [2.75, 3.05) is 6.54 Å². The summed E-state index contributed by atoms with van der Waals surface area (Å²) in [7, 11) is 0. The first-order valence-electron chi connectivity index (χ1n) is 4.72. The van der Waals surface area contributed by atoms with E-state index in [4.69, 9.17) is 5.11 Å². The average molecular weight is 278 g/mol. The summed E-state index contributed by atoms with van der Waals surface area (Å²) in [4.78, 5) is 33.4. The fraction of sp³-hybridized carbons (Fsp3) is 0.667. The summed E-state index contributed by atoms with van der Waals surface area (Å²) in [6.45, 7) is 0.326. The first-order chi connectivity index (χ1) is 7.02. The molecule has 0 unspecified atom stereocenters. The molecule has 0 aliphatic carbocycles. The lowest BCUT2D eigenvalue weighted by Gasteiger charge is -2.13. The van der Waals surface area contributed by atoms with Crippen LogP contribution in [-0.4, -0.2) is 39.2 Å². The third kappa shape index (κ3) is 3.30. The second-order valence-corrected chi connectivity index (χ2v) is 4.49. The van der Waals surface area contributed by atoms with E-state index in [1.165, 1.54) is 4.90 Å². The number of hydrogen-bond donors (Lipinski definition) is 1. The summed E-state index contributed by atoms with van der Waals surface area (Å²) >= 11 is 2.99. The molecule has 1 aliphatic heterocycles. The summed E-state index contributed by atoms with van der Waals surface area (Å²) in [6.07, 6.45) is 1.50. The predicted molar refractivity (Wildman–Crippen MR) is 55.5 cm³/mol. The summed E-state index contributed by atoms with van der Waals surface area (Å²) < 4.78 is 0. The van der Waals surface area contributed by atoms with Gasteiger partial charge in [0.2, 0.25) is 11.8 Å². The van der Waals surface area contributed by atoms with Crippen LogP contribution < -0.4 is 0 Å². The fourth-order valence-corrected chi connectivity index (χ4v) is 1.75. The number of alkyl halides is 1. The SMILES string of the molecule is O=C(O)[C@H](Br)CCCN1C(=O)CCC1=O. The Bertz CT molecular complexity index is 276. The van der Waals surface area contributed by atoms with Gasteiger partial charge in [0, 0.05) is 19.4 Å². The minimum absolute atomic E-state index is 0.151. The van der Waals surface area contributed by atoms with Gasteiger partial charge in [-0.1, -0.05) is 15.9 Å². The molecule has 0 radical (unpaired) electrons. The number of carbonyl (C=O) groups excluding carboxylic acids is 2. The van der Waals surface area contributed by atoms with Gasteiger partial charge in [-0.3, -0.25) is 19.3 Å². The topological polar surface area (TPSA) is 74.7 Å². The summed E-state index contributed by atoms with van der Waals surface area (Å²) in [5.41, 5.74) is 0. The van der Waals surface area contributed by atoms with Crippen molar-refractivity contribution in [3.63, 3.8) is 0 Å². The maximum atomic E-state index is 11.2. The highest BCUT2D eigenvalue weighted by Gasteiger charge is 2.28. The van der Waals surface area contributed by atoms with Gasteiger partial charge in [-0.2, -0.15) is 0 Å². The Balaban J connectivity index is 2.28. The third-order valence-corrected chi connectivity index (χ3v) is 3.11. The van der Waals surface area contributed by atoms with Crippen LogP contribution in [0.1, 0.15) is 25.7 Å². The van der Waals surface area contributed by atoms with E-state index in [1.54, 1.807) is 0 Å². The molecule has 0 aromatic carbocycles. The quantitative estimate of drug-likeness (QED) is 0.595. The molecule has 0 aromatic rings. The number of likely N-dealkylation sites (tertiary alicyclic amines) is 1. The molecule has 1 fully saturated rings. The summed E-state index contributed by atoms with van der Waals surface area (Å²) in [6, 6.07) is 0. The van der Waals surface area contributed by atoms with Crippen LogP contribution in [0, 0.1) is 0 Å².